The molecule has 0 atom stereocenters. The van der Waals surface area contributed by atoms with Gasteiger partial charge in [0.1, 0.15) is 0 Å². The van der Waals surface area contributed by atoms with Crippen LogP contribution < -0.4 is 16.2 Å². The third-order valence-corrected chi connectivity index (χ3v) is 6.76. The van der Waals surface area contributed by atoms with E-state index in [1.165, 1.54) is 17.7 Å². The summed E-state index contributed by atoms with van der Waals surface area (Å²) >= 11 is 0. The normalized spacial score (nSPS) is 19.3. The van der Waals surface area contributed by atoms with E-state index in [-0.39, 0.29) is 6.85 Å². The molecule has 4 rings (SSSR count). The lowest BCUT2D eigenvalue weighted by atomic mass is 9.53. The summed E-state index contributed by atoms with van der Waals surface area (Å²) in [6, 6.07) is 9.54. The highest BCUT2D eigenvalue weighted by molar-refractivity contribution is 6.82. The van der Waals surface area contributed by atoms with Crippen LogP contribution in [0.3, 0.4) is 0 Å². The molecule has 2 aromatic carbocycles. The Morgan fingerprint density at radius 2 is 1.53 bits per heavy atom. The molecule has 0 aromatic heterocycles. The Bertz CT molecular complexity index is 1030. The van der Waals surface area contributed by atoms with Gasteiger partial charge in [-0.05, 0) is 50.8 Å². The van der Waals surface area contributed by atoms with Crippen LogP contribution in [0.1, 0.15) is 64.2 Å². The summed E-state index contributed by atoms with van der Waals surface area (Å²) in [5, 5.41) is 3.51. The lowest BCUT2D eigenvalue weighted by Gasteiger charge is -2.32. The van der Waals surface area contributed by atoms with E-state index in [2.05, 4.69) is 31.2 Å². The molecule has 2 aliphatic rings. The first-order valence-corrected chi connectivity index (χ1v) is 10.9. The molecule has 2 aliphatic heterocycles. The number of benzene rings is 2. The average molecular weight is 441 g/mol. The van der Waals surface area contributed by atoms with Crippen LogP contribution in [0.2, 0.25) is 0 Å². The molecule has 1 fully saturated rings. The molecule has 0 amide bonds. The van der Waals surface area contributed by atoms with E-state index in [1.54, 1.807) is 0 Å². The van der Waals surface area contributed by atoms with Crippen LogP contribution in [0.5, 0.6) is 0 Å². The maximum absolute atomic E-state index is 13.0. The van der Waals surface area contributed by atoms with Gasteiger partial charge in [0.2, 0.25) is 0 Å². The zero-order chi connectivity index (χ0) is 23.5. The van der Waals surface area contributed by atoms with Crippen LogP contribution >= 0.6 is 0 Å². The van der Waals surface area contributed by atoms with Crippen molar-refractivity contribution in [3.05, 3.63) is 59.1 Å². The van der Waals surface area contributed by atoms with Gasteiger partial charge in [-0.1, -0.05) is 61.7 Å². The quantitative estimate of drug-likeness (QED) is 0.681. The van der Waals surface area contributed by atoms with E-state index in [4.69, 9.17) is 9.31 Å². The molecule has 32 heavy (non-hydrogen) atoms. The van der Waals surface area contributed by atoms with Gasteiger partial charge in [-0.15, -0.1) is 0 Å². The highest BCUT2D eigenvalue weighted by atomic mass is 19.4. The van der Waals surface area contributed by atoms with Gasteiger partial charge in [-0.3, -0.25) is 0 Å². The molecule has 1 N–H and O–H groups in total. The number of alkyl halides is 3. The van der Waals surface area contributed by atoms with Crippen LogP contribution in [0.25, 0.3) is 6.08 Å². The minimum absolute atomic E-state index is 0.254. The van der Waals surface area contributed by atoms with Gasteiger partial charge in [0.05, 0.1) is 16.8 Å². The van der Waals surface area contributed by atoms with Crippen LogP contribution in [0.4, 0.5) is 18.9 Å². The van der Waals surface area contributed by atoms with Gasteiger partial charge in [0.25, 0.3) is 0 Å². The number of hydrogen-bond acceptors (Lipinski definition) is 3. The summed E-state index contributed by atoms with van der Waals surface area (Å²) in [4.78, 5) is 0. The summed E-state index contributed by atoms with van der Waals surface area (Å²) in [6.07, 6.45) is -2.33. The number of anilines is 1. The first-order valence-electron chi connectivity index (χ1n) is 10.9. The van der Waals surface area contributed by atoms with Gasteiger partial charge in [0, 0.05) is 11.2 Å². The van der Waals surface area contributed by atoms with E-state index in [0.29, 0.717) is 5.92 Å². The zero-order valence-electron chi connectivity index (χ0n) is 19.3. The van der Waals surface area contributed by atoms with Crippen LogP contribution in [0.15, 0.2) is 42.4 Å². The monoisotopic (exact) mass is 441 g/mol. The van der Waals surface area contributed by atoms with Crippen molar-refractivity contribution < 1.29 is 22.5 Å². The lowest BCUT2D eigenvalue weighted by molar-refractivity contribution is -0.137. The van der Waals surface area contributed by atoms with Crippen LogP contribution in [-0.2, 0) is 15.5 Å². The fourth-order valence-electron chi connectivity index (χ4n) is 3.98. The summed E-state index contributed by atoms with van der Waals surface area (Å²) in [6.45, 7) is 12.1. The third kappa shape index (κ3) is 4.10. The zero-order valence-corrected chi connectivity index (χ0v) is 19.3. The molecule has 8 heteroatoms. The molecule has 0 spiro atoms. The Hall–Kier alpha value is -2.18. The number of halogens is 3. The molecule has 0 radical (unpaired) electrons. The molecule has 0 saturated carbocycles. The van der Waals surface area contributed by atoms with Gasteiger partial charge < -0.3 is 14.5 Å². The molecule has 168 valence electrons. The molecule has 2 aromatic rings. The molecule has 2 heterocycles. The highest BCUT2D eigenvalue weighted by Crippen LogP contribution is 2.38. The van der Waals surface area contributed by atoms with Gasteiger partial charge in [-0.25, -0.2) is 0 Å². The molecule has 1 saturated heterocycles. The number of nitrogens with one attached hydrogen (secondary N) is 1. The Morgan fingerprint density at radius 1 is 0.938 bits per heavy atom. The molecular formula is C24H28B2F3NO2. The van der Waals surface area contributed by atoms with Crippen molar-refractivity contribution >= 4 is 36.7 Å². The van der Waals surface area contributed by atoms with Crippen molar-refractivity contribution in [2.75, 3.05) is 5.23 Å². The molecule has 0 unspecified atom stereocenters. The smallest absolute Gasteiger partial charge is 0.420 e. The van der Waals surface area contributed by atoms with Crippen molar-refractivity contribution in [1.82, 2.24) is 0 Å². The van der Waals surface area contributed by atoms with E-state index in [0.717, 1.165) is 34.3 Å². The fourth-order valence-corrected chi connectivity index (χ4v) is 3.98. The predicted molar refractivity (Wildman–Crippen MR) is 126 cm³/mol. The largest absolute Gasteiger partial charge is 0.496 e. The van der Waals surface area contributed by atoms with Gasteiger partial charge in [-0.2, -0.15) is 13.2 Å². The minimum atomic E-state index is -4.35. The third-order valence-electron chi connectivity index (χ3n) is 6.76. The Labute approximate surface area is 188 Å². The second-order valence-electron chi connectivity index (χ2n) is 9.92. The fraction of sp³-hybridized carbons (Fsp3) is 0.417. The van der Waals surface area contributed by atoms with E-state index in [9.17, 15) is 13.2 Å². The van der Waals surface area contributed by atoms with Crippen molar-refractivity contribution in [3.63, 3.8) is 0 Å². The molecule has 0 aliphatic carbocycles. The number of rotatable bonds is 3. The topological polar surface area (TPSA) is 30.5 Å². The van der Waals surface area contributed by atoms with E-state index >= 15 is 0 Å². The summed E-state index contributed by atoms with van der Waals surface area (Å²) < 4.78 is 51.5. The first-order chi connectivity index (χ1) is 14.8. The summed E-state index contributed by atoms with van der Waals surface area (Å²) in [5.74, 6) is 2.30. The van der Waals surface area contributed by atoms with Crippen LogP contribution in [0, 0.1) is 0 Å². The lowest BCUT2D eigenvalue weighted by Crippen LogP contribution is -2.44. The summed E-state index contributed by atoms with van der Waals surface area (Å²) in [5.41, 5.74) is 3.14. The maximum atomic E-state index is 13.0. The molecule has 3 nitrogen and oxygen atoms in total. The average Bonchev–Trinajstić information content (AvgIpc) is 2.93. The van der Waals surface area contributed by atoms with Gasteiger partial charge >= 0.3 is 20.1 Å². The Morgan fingerprint density at radius 3 is 2.06 bits per heavy atom. The Balaban J connectivity index is 1.71. The van der Waals surface area contributed by atoms with Crippen molar-refractivity contribution in [2.45, 2.75) is 64.8 Å². The SMILES string of the molecule is CC(C)c1cc2c(c(B3OC(C)(C)C(C)(C)O3)c1)NB(c1ccc(C(F)(F)F)cc1)C=C2. The Kier molecular flexibility index (Phi) is 5.53. The summed E-state index contributed by atoms with van der Waals surface area (Å²) in [7, 11) is -0.542. The number of fused-ring (bicyclic) bond motifs is 1. The van der Waals surface area contributed by atoms with Crippen molar-refractivity contribution in [2.24, 2.45) is 0 Å². The highest BCUT2D eigenvalue weighted by Gasteiger charge is 2.52. The van der Waals surface area contributed by atoms with E-state index in [1.807, 2.05) is 39.7 Å². The van der Waals surface area contributed by atoms with E-state index < -0.39 is 30.1 Å². The van der Waals surface area contributed by atoms with Crippen LogP contribution in [-0.4, -0.2) is 25.2 Å². The van der Waals surface area contributed by atoms with Crippen molar-refractivity contribution in [3.8, 4) is 0 Å². The maximum Gasteiger partial charge on any atom is 0.496 e. The standard InChI is InChI=1S/C24H28B2F3NO2/c1-15(2)17-13-16-11-12-25(19-9-7-18(8-10-19)24(27,28)29)30-21(16)20(14-17)26-31-22(3,4)23(5,6)32-26/h7-15,30H,1-6H3. The predicted octanol–water partition coefficient (Wildman–Crippen LogP) is 5.00. The minimum Gasteiger partial charge on any atom is -0.420 e. The second-order valence-corrected chi connectivity index (χ2v) is 9.92. The van der Waals surface area contributed by atoms with Crippen molar-refractivity contribution in [1.29, 1.82) is 0 Å². The first kappa shape index (κ1) is 23.0. The second kappa shape index (κ2) is 7.70. The van der Waals surface area contributed by atoms with Gasteiger partial charge in [0.15, 0.2) is 0 Å². The molecule has 0 bridgehead atoms. The molecular weight excluding hydrogens is 413 g/mol. The number of hydrogen-bond donors (Lipinski definition) is 1.